The van der Waals surface area contributed by atoms with Gasteiger partial charge in [0, 0.05) is 45.8 Å². The van der Waals surface area contributed by atoms with Crippen molar-refractivity contribution >= 4 is 41.0 Å². The second-order valence-corrected chi connectivity index (χ2v) is 7.12. The number of hydrogen-bond donors (Lipinski definition) is 1. The molecular weight excluding hydrogens is 465 g/mol. The minimum atomic E-state index is 0. The lowest BCUT2D eigenvalue weighted by atomic mass is 10.0. The van der Waals surface area contributed by atoms with Crippen LogP contribution in [0, 0.1) is 0 Å². The molecular formula is C20H28IN7. The smallest absolute Gasteiger partial charge is 0.194 e. The quantitative estimate of drug-likeness (QED) is 0.345. The van der Waals surface area contributed by atoms with E-state index in [0.29, 0.717) is 12.5 Å². The van der Waals surface area contributed by atoms with Crippen molar-refractivity contribution < 1.29 is 0 Å². The first-order valence-corrected chi connectivity index (χ1v) is 9.58. The van der Waals surface area contributed by atoms with Gasteiger partial charge in [0.25, 0.3) is 0 Å². The Bertz CT molecular complexity index is 959. The minimum Gasteiger partial charge on any atom is -0.357 e. The van der Waals surface area contributed by atoms with E-state index in [1.165, 1.54) is 5.56 Å². The minimum absolute atomic E-state index is 0. The van der Waals surface area contributed by atoms with E-state index in [2.05, 4.69) is 46.1 Å². The SMILES string of the molecule is CCNC(=NCc1nc2ccccc2n1C)N1CCC(c2cnn(C)c2)C1.I. The third kappa shape index (κ3) is 4.16. The Hall–Kier alpha value is -2.10. The Balaban J connectivity index is 0.00000225. The van der Waals surface area contributed by atoms with E-state index < -0.39 is 0 Å². The standard InChI is InChI=1S/C20H27N7.HI/c1-4-21-20(27-10-9-15(14-27)16-11-23-25(2)13-16)22-12-19-24-17-7-5-6-8-18(17)26(19)3;/h5-8,11,13,15H,4,9-10,12,14H2,1-3H3,(H,21,22);1H. The van der Waals surface area contributed by atoms with Gasteiger partial charge in [0.1, 0.15) is 12.4 Å². The fourth-order valence-corrected chi connectivity index (χ4v) is 3.78. The van der Waals surface area contributed by atoms with Crippen molar-refractivity contribution in [2.24, 2.45) is 19.1 Å². The fraction of sp³-hybridized carbons (Fsp3) is 0.450. The van der Waals surface area contributed by atoms with Crippen LogP contribution in [0.1, 0.15) is 30.7 Å². The largest absolute Gasteiger partial charge is 0.357 e. The van der Waals surface area contributed by atoms with Crippen LogP contribution >= 0.6 is 24.0 Å². The first-order valence-electron chi connectivity index (χ1n) is 9.58. The lowest BCUT2D eigenvalue weighted by molar-refractivity contribution is 0.485. The molecule has 28 heavy (non-hydrogen) atoms. The number of imidazole rings is 1. The van der Waals surface area contributed by atoms with E-state index in [0.717, 1.165) is 48.9 Å². The summed E-state index contributed by atoms with van der Waals surface area (Å²) in [6.45, 7) is 5.52. The summed E-state index contributed by atoms with van der Waals surface area (Å²) in [5.74, 6) is 2.46. The summed E-state index contributed by atoms with van der Waals surface area (Å²) in [5.41, 5.74) is 3.48. The predicted molar refractivity (Wildman–Crippen MR) is 123 cm³/mol. The van der Waals surface area contributed by atoms with Gasteiger partial charge >= 0.3 is 0 Å². The summed E-state index contributed by atoms with van der Waals surface area (Å²) in [6.07, 6.45) is 5.23. The van der Waals surface area contributed by atoms with Crippen molar-refractivity contribution in [2.45, 2.75) is 25.8 Å². The molecule has 8 heteroatoms. The van der Waals surface area contributed by atoms with Gasteiger partial charge in [0.15, 0.2) is 5.96 Å². The van der Waals surface area contributed by atoms with Gasteiger partial charge in [-0.15, -0.1) is 24.0 Å². The van der Waals surface area contributed by atoms with Gasteiger partial charge in [-0.05, 0) is 31.0 Å². The number of halogens is 1. The van der Waals surface area contributed by atoms with E-state index in [1.54, 1.807) is 0 Å². The van der Waals surface area contributed by atoms with Gasteiger partial charge in [0.2, 0.25) is 0 Å². The van der Waals surface area contributed by atoms with Crippen LogP contribution in [0.4, 0.5) is 0 Å². The molecule has 1 atom stereocenters. The topological polar surface area (TPSA) is 63.3 Å². The molecule has 7 nitrogen and oxygen atoms in total. The van der Waals surface area contributed by atoms with Crippen molar-refractivity contribution in [2.75, 3.05) is 19.6 Å². The highest BCUT2D eigenvalue weighted by Gasteiger charge is 2.27. The molecule has 0 amide bonds. The zero-order valence-corrected chi connectivity index (χ0v) is 19.0. The number of nitrogens with one attached hydrogen (secondary N) is 1. The molecule has 1 saturated heterocycles. The van der Waals surface area contributed by atoms with Gasteiger partial charge < -0.3 is 14.8 Å². The van der Waals surface area contributed by atoms with Crippen LogP contribution in [-0.4, -0.2) is 49.8 Å². The molecule has 2 aromatic heterocycles. The number of guanidine groups is 1. The van der Waals surface area contributed by atoms with Crippen LogP contribution in [0.15, 0.2) is 41.7 Å². The number of benzene rings is 1. The molecule has 0 saturated carbocycles. The van der Waals surface area contributed by atoms with Crippen molar-refractivity contribution in [1.29, 1.82) is 0 Å². The maximum Gasteiger partial charge on any atom is 0.194 e. The molecule has 1 aliphatic rings. The highest BCUT2D eigenvalue weighted by molar-refractivity contribution is 14.0. The number of aryl methyl sites for hydroxylation is 2. The second-order valence-electron chi connectivity index (χ2n) is 7.12. The van der Waals surface area contributed by atoms with Gasteiger partial charge in [-0.1, -0.05) is 12.1 Å². The molecule has 0 aliphatic carbocycles. The summed E-state index contributed by atoms with van der Waals surface area (Å²) in [5, 5.41) is 7.76. The summed E-state index contributed by atoms with van der Waals surface area (Å²) in [4.78, 5) is 12.0. The van der Waals surface area contributed by atoms with Crippen LogP contribution in [0.5, 0.6) is 0 Å². The Labute approximate surface area is 182 Å². The highest BCUT2D eigenvalue weighted by Crippen LogP contribution is 2.26. The maximum atomic E-state index is 4.88. The Morgan fingerprint density at radius 1 is 1.29 bits per heavy atom. The van der Waals surface area contributed by atoms with Gasteiger partial charge in [-0.25, -0.2) is 9.98 Å². The van der Waals surface area contributed by atoms with Gasteiger partial charge in [-0.2, -0.15) is 5.10 Å². The molecule has 3 aromatic rings. The molecule has 0 radical (unpaired) electrons. The first-order chi connectivity index (χ1) is 13.2. The molecule has 1 fully saturated rings. The predicted octanol–water partition coefficient (Wildman–Crippen LogP) is 2.88. The second kappa shape index (κ2) is 8.93. The van der Waals surface area contributed by atoms with Crippen LogP contribution in [0.2, 0.25) is 0 Å². The number of aliphatic imine (C=N–C) groups is 1. The molecule has 0 bridgehead atoms. The normalized spacial score (nSPS) is 17.2. The number of rotatable bonds is 4. The van der Waals surface area contributed by atoms with Crippen LogP contribution < -0.4 is 5.32 Å². The molecule has 150 valence electrons. The molecule has 1 unspecified atom stereocenters. The summed E-state index contributed by atoms with van der Waals surface area (Å²) in [7, 11) is 4.03. The Morgan fingerprint density at radius 3 is 2.82 bits per heavy atom. The van der Waals surface area contributed by atoms with E-state index in [1.807, 2.05) is 36.1 Å². The van der Waals surface area contributed by atoms with Crippen molar-refractivity contribution in [3.63, 3.8) is 0 Å². The summed E-state index contributed by atoms with van der Waals surface area (Å²) in [6, 6.07) is 8.21. The van der Waals surface area contributed by atoms with Crippen LogP contribution in [-0.2, 0) is 20.6 Å². The van der Waals surface area contributed by atoms with Gasteiger partial charge in [-0.3, -0.25) is 4.68 Å². The number of hydrogen-bond acceptors (Lipinski definition) is 3. The van der Waals surface area contributed by atoms with E-state index in [-0.39, 0.29) is 24.0 Å². The average Bonchev–Trinajstić information content (AvgIpc) is 3.38. The van der Waals surface area contributed by atoms with Crippen LogP contribution in [0.3, 0.4) is 0 Å². The number of likely N-dealkylation sites (tertiary alicyclic amines) is 1. The lowest BCUT2D eigenvalue weighted by Crippen LogP contribution is -2.40. The Kier molecular flexibility index (Phi) is 6.58. The number of nitrogens with zero attached hydrogens (tertiary/aromatic N) is 6. The first kappa shape index (κ1) is 20.6. The zero-order valence-electron chi connectivity index (χ0n) is 16.7. The molecule has 1 aromatic carbocycles. The zero-order chi connectivity index (χ0) is 18.8. The number of para-hydroxylation sites is 2. The fourth-order valence-electron chi connectivity index (χ4n) is 3.78. The molecule has 0 spiro atoms. The Morgan fingerprint density at radius 2 is 2.11 bits per heavy atom. The van der Waals surface area contributed by atoms with Crippen molar-refractivity contribution in [3.05, 3.63) is 48.0 Å². The lowest BCUT2D eigenvalue weighted by Gasteiger charge is -2.21. The summed E-state index contributed by atoms with van der Waals surface area (Å²) >= 11 is 0. The molecule has 4 rings (SSSR count). The van der Waals surface area contributed by atoms with Crippen LogP contribution in [0.25, 0.3) is 11.0 Å². The number of fused-ring (bicyclic) bond motifs is 1. The average molecular weight is 493 g/mol. The van der Waals surface area contributed by atoms with E-state index in [9.17, 15) is 0 Å². The van der Waals surface area contributed by atoms with E-state index in [4.69, 9.17) is 9.98 Å². The van der Waals surface area contributed by atoms with Crippen molar-refractivity contribution in [3.8, 4) is 0 Å². The molecule has 1 N–H and O–H groups in total. The van der Waals surface area contributed by atoms with Crippen molar-refractivity contribution in [1.82, 2.24) is 29.5 Å². The summed E-state index contributed by atoms with van der Waals surface area (Å²) < 4.78 is 4.01. The molecule has 3 heterocycles. The maximum absolute atomic E-state index is 4.88. The monoisotopic (exact) mass is 493 g/mol. The van der Waals surface area contributed by atoms with E-state index >= 15 is 0 Å². The highest BCUT2D eigenvalue weighted by atomic mass is 127. The number of aromatic nitrogens is 4. The molecule has 1 aliphatic heterocycles. The van der Waals surface area contributed by atoms with Gasteiger partial charge in [0.05, 0.1) is 17.2 Å². The third-order valence-electron chi connectivity index (χ3n) is 5.27. The third-order valence-corrected chi connectivity index (χ3v) is 5.27.